The van der Waals surface area contributed by atoms with Gasteiger partial charge in [0.15, 0.2) is 0 Å². The van der Waals surface area contributed by atoms with Gasteiger partial charge in [-0.15, -0.1) is 11.6 Å². The van der Waals surface area contributed by atoms with Crippen molar-refractivity contribution in [2.75, 3.05) is 19.0 Å². The highest BCUT2D eigenvalue weighted by molar-refractivity contribution is 6.17. The Bertz CT molecular complexity index is 193. The van der Waals surface area contributed by atoms with E-state index in [-0.39, 0.29) is 0 Å². The molecule has 1 aliphatic heterocycles. The van der Waals surface area contributed by atoms with Gasteiger partial charge < -0.3 is 4.90 Å². The number of halogens is 1. The molecule has 94 valence electrons. The Hall–Kier alpha value is 0.250. The van der Waals surface area contributed by atoms with Crippen LogP contribution in [0.1, 0.15) is 57.8 Å². The van der Waals surface area contributed by atoms with Gasteiger partial charge in [-0.25, -0.2) is 0 Å². The van der Waals surface area contributed by atoms with E-state index in [9.17, 15) is 0 Å². The lowest BCUT2D eigenvalue weighted by Crippen LogP contribution is -2.47. The van der Waals surface area contributed by atoms with Gasteiger partial charge in [-0.05, 0) is 57.5 Å². The molecule has 0 aromatic carbocycles. The zero-order valence-corrected chi connectivity index (χ0v) is 11.2. The Kier molecular flexibility index (Phi) is 5.44. The van der Waals surface area contributed by atoms with E-state index in [1.165, 1.54) is 70.9 Å². The average Bonchev–Trinajstić information content (AvgIpc) is 2.35. The maximum absolute atomic E-state index is 5.72. The number of nitrogens with zero attached hydrogens (tertiary/aromatic N) is 1. The summed E-state index contributed by atoms with van der Waals surface area (Å²) in [4.78, 5) is 2.79. The van der Waals surface area contributed by atoms with Crippen LogP contribution in [0.3, 0.4) is 0 Å². The lowest BCUT2D eigenvalue weighted by molar-refractivity contribution is 0.0596. The molecule has 2 atom stereocenters. The van der Waals surface area contributed by atoms with E-state index in [1.54, 1.807) is 0 Å². The molecular weight excluding hydrogens is 218 g/mol. The van der Waals surface area contributed by atoms with Crippen LogP contribution in [-0.2, 0) is 0 Å². The minimum absolute atomic E-state index is 0.839. The third-order valence-electron chi connectivity index (χ3n) is 4.44. The second kappa shape index (κ2) is 6.86. The number of likely N-dealkylation sites (tertiary alicyclic amines) is 1. The fourth-order valence-corrected chi connectivity index (χ4v) is 3.78. The molecule has 0 N–H and O–H groups in total. The zero-order valence-electron chi connectivity index (χ0n) is 10.5. The van der Waals surface area contributed by atoms with Crippen molar-refractivity contribution in [3.63, 3.8) is 0 Å². The van der Waals surface area contributed by atoms with Crippen molar-refractivity contribution in [2.45, 2.75) is 63.8 Å². The van der Waals surface area contributed by atoms with Gasteiger partial charge >= 0.3 is 0 Å². The van der Waals surface area contributed by atoms with E-state index in [0.717, 1.165) is 17.8 Å². The maximum Gasteiger partial charge on any atom is 0.0223 e. The first kappa shape index (κ1) is 12.7. The predicted octanol–water partition coefficient (Wildman–Crippen LogP) is 4.05. The summed E-state index contributed by atoms with van der Waals surface area (Å²) in [5.41, 5.74) is 0. The van der Waals surface area contributed by atoms with Crippen LogP contribution in [0.2, 0.25) is 0 Å². The Balaban J connectivity index is 1.74. The number of rotatable bonds is 5. The molecule has 0 unspecified atom stereocenters. The Labute approximate surface area is 106 Å². The highest BCUT2D eigenvalue weighted by Gasteiger charge is 2.32. The molecule has 1 saturated carbocycles. The molecule has 1 nitrogen and oxygen atoms in total. The number of piperidine rings is 1. The average molecular weight is 244 g/mol. The van der Waals surface area contributed by atoms with Crippen molar-refractivity contribution in [1.82, 2.24) is 4.90 Å². The summed E-state index contributed by atoms with van der Waals surface area (Å²) in [6, 6.07) is 0.943. The van der Waals surface area contributed by atoms with Crippen molar-refractivity contribution in [3.8, 4) is 0 Å². The van der Waals surface area contributed by atoms with Gasteiger partial charge in [0, 0.05) is 11.9 Å². The third kappa shape index (κ3) is 3.37. The minimum Gasteiger partial charge on any atom is -0.300 e. The molecule has 2 rings (SSSR count). The van der Waals surface area contributed by atoms with Crippen LogP contribution < -0.4 is 0 Å². The molecule has 16 heavy (non-hydrogen) atoms. The second-order valence-electron chi connectivity index (χ2n) is 5.54. The topological polar surface area (TPSA) is 3.24 Å². The van der Waals surface area contributed by atoms with E-state index < -0.39 is 0 Å². The van der Waals surface area contributed by atoms with Crippen LogP contribution in [0.25, 0.3) is 0 Å². The molecule has 0 aromatic heterocycles. The Morgan fingerprint density at radius 3 is 2.62 bits per heavy atom. The van der Waals surface area contributed by atoms with Crippen LogP contribution >= 0.6 is 11.6 Å². The number of hydrogen-bond donors (Lipinski definition) is 0. The van der Waals surface area contributed by atoms with Crippen LogP contribution in [0, 0.1) is 5.92 Å². The summed E-state index contributed by atoms with van der Waals surface area (Å²) in [6.45, 7) is 2.69. The Morgan fingerprint density at radius 2 is 1.75 bits per heavy atom. The van der Waals surface area contributed by atoms with Gasteiger partial charge in [-0.1, -0.05) is 19.3 Å². The summed E-state index contributed by atoms with van der Waals surface area (Å²) in [6.07, 6.45) is 12.7. The normalized spacial score (nSPS) is 31.3. The molecule has 1 saturated heterocycles. The van der Waals surface area contributed by atoms with Crippen molar-refractivity contribution >= 4 is 11.6 Å². The quantitative estimate of drug-likeness (QED) is 0.520. The third-order valence-corrected chi connectivity index (χ3v) is 4.70. The summed E-state index contributed by atoms with van der Waals surface area (Å²) in [5.74, 6) is 1.88. The molecule has 2 heteroatoms. The number of alkyl halides is 1. The van der Waals surface area contributed by atoms with Gasteiger partial charge in [0.25, 0.3) is 0 Å². The predicted molar refractivity (Wildman–Crippen MR) is 71.1 cm³/mol. The first-order valence-electron chi connectivity index (χ1n) is 7.22. The zero-order chi connectivity index (χ0) is 11.2. The van der Waals surface area contributed by atoms with Gasteiger partial charge in [0.1, 0.15) is 0 Å². The molecule has 1 heterocycles. The Morgan fingerprint density at radius 1 is 0.938 bits per heavy atom. The molecule has 0 spiro atoms. The number of fused-ring (bicyclic) bond motifs is 1. The van der Waals surface area contributed by atoms with E-state index in [1.807, 2.05) is 0 Å². The fourth-order valence-electron chi connectivity index (χ4n) is 3.59. The number of unbranched alkanes of at least 4 members (excludes halogenated alkanes) is 2. The summed E-state index contributed by atoms with van der Waals surface area (Å²) < 4.78 is 0. The summed E-state index contributed by atoms with van der Waals surface area (Å²) in [5, 5.41) is 0. The van der Waals surface area contributed by atoms with Crippen LogP contribution in [0.15, 0.2) is 0 Å². The SMILES string of the molecule is ClCCCCCN1CCC[C@H]2CCCC[C@H]21. The van der Waals surface area contributed by atoms with Crippen molar-refractivity contribution in [3.05, 3.63) is 0 Å². The highest BCUT2D eigenvalue weighted by Crippen LogP contribution is 2.35. The molecule has 0 amide bonds. The van der Waals surface area contributed by atoms with Crippen LogP contribution in [-0.4, -0.2) is 29.9 Å². The van der Waals surface area contributed by atoms with E-state index in [0.29, 0.717) is 0 Å². The largest absolute Gasteiger partial charge is 0.300 e. The second-order valence-corrected chi connectivity index (χ2v) is 5.92. The van der Waals surface area contributed by atoms with Crippen LogP contribution in [0.4, 0.5) is 0 Å². The minimum atomic E-state index is 0.839. The van der Waals surface area contributed by atoms with Gasteiger partial charge in [0.2, 0.25) is 0 Å². The molecule has 0 radical (unpaired) electrons. The molecule has 1 aliphatic carbocycles. The van der Waals surface area contributed by atoms with Gasteiger partial charge in [-0.3, -0.25) is 0 Å². The smallest absolute Gasteiger partial charge is 0.0223 e. The number of hydrogen-bond acceptors (Lipinski definition) is 1. The monoisotopic (exact) mass is 243 g/mol. The molecular formula is C14H26ClN. The first-order chi connectivity index (χ1) is 7.92. The van der Waals surface area contributed by atoms with Crippen molar-refractivity contribution < 1.29 is 0 Å². The van der Waals surface area contributed by atoms with Gasteiger partial charge in [-0.2, -0.15) is 0 Å². The maximum atomic E-state index is 5.72. The highest BCUT2D eigenvalue weighted by atomic mass is 35.5. The van der Waals surface area contributed by atoms with E-state index in [2.05, 4.69) is 4.90 Å². The van der Waals surface area contributed by atoms with Crippen molar-refractivity contribution in [2.24, 2.45) is 5.92 Å². The van der Waals surface area contributed by atoms with Crippen LogP contribution in [0.5, 0.6) is 0 Å². The molecule has 2 fully saturated rings. The first-order valence-corrected chi connectivity index (χ1v) is 7.75. The standard InChI is InChI=1S/C14H26ClN/c15-10-4-1-5-11-16-12-6-8-13-7-2-3-9-14(13)16/h13-14H,1-12H2/t13-,14-/m1/s1. The van der Waals surface area contributed by atoms with Crippen molar-refractivity contribution in [1.29, 1.82) is 0 Å². The summed E-state index contributed by atoms with van der Waals surface area (Å²) >= 11 is 5.72. The molecule has 0 aromatic rings. The lowest BCUT2D eigenvalue weighted by Gasteiger charge is -2.44. The van der Waals surface area contributed by atoms with E-state index >= 15 is 0 Å². The lowest BCUT2D eigenvalue weighted by atomic mass is 9.78. The summed E-state index contributed by atoms with van der Waals surface area (Å²) in [7, 11) is 0. The van der Waals surface area contributed by atoms with E-state index in [4.69, 9.17) is 11.6 Å². The molecule has 0 bridgehead atoms. The molecule has 2 aliphatic rings. The fraction of sp³-hybridized carbons (Fsp3) is 1.00. The van der Waals surface area contributed by atoms with Gasteiger partial charge in [0.05, 0.1) is 0 Å².